The van der Waals surface area contributed by atoms with Gasteiger partial charge >= 0.3 is 6.03 Å². The molecule has 0 aliphatic carbocycles. The molecule has 0 aliphatic rings. The lowest BCUT2D eigenvalue weighted by molar-refractivity contribution is 0.239. The van der Waals surface area contributed by atoms with Gasteiger partial charge < -0.3 is 10.6 Å². The molecule has 5 nitrogen and oxygen atoms in total. The van der Waals surface area contributed by atoms with E-state index in [1.165, 1.54) is 6.20 Å². The van der Waals surface area contributed by atoms with Crippen molar-refractivity contribution in [3.8, 4) is 0 Å². The van der Waals surface area contributed by atoms with Crippen LogP contribution >= 0.6 is 0 Å². The van der Waals surface area contributed by atoms with Crippen LogP contribution in [0.15, 0.2) is 17.9 Å². The summed E-state index contributed by atoms with van der Waals surface area (Å²) in [5.41, 5.74) is 2.54. The Hall–Kier alpha value is -1.52. The Labute approximate surface area is 65.6 Å². The van der Waals surface area contributed by atoms with Gasteiger partial charge in [0.15, 0.2) is 0 Å². The summed E-state index contributed by atoms with van der Waals surface area (Å²) >= 11 is 0. The lowest BCUT2D eigenvalue weighted by atomic mass is 10.6. The molecule has 1 unspecified atom stereocenters. The van der Waals surface area contributed by atoms with Crippen molar-refractivity contribution in [3.63, 3.8) is 0 Å². The average Bonchev–Trinajstić information content (AvgIpc) is 1.87. The van der Waals surface area contributed by atoms with Crippen LogP contribution in [-0.2, 0) is 0 Å². The molecule has 0 saturated heterocycles. The average molecular weight is 156 g/mol. The molecule has 0 fully saturated rings. The zero-order valence-corrected chi connectivity index (χ0v) is 6.42. The minimum atomic E-state index is -0.330. The van der Waals surface area contributed by atoms with Crippen LogP contribution in [0.5, 0.6) is 0 Å². The second-order valence-corrected chi connectivity index (χ2v) is 1.83. The third-order valence-electron chi connectivity index (χ3n) is 0.866. The van der Waals surface area contributed by atoms with Crippen LogP contribution < -0.4 is 16.1 Å². The molecule has 5 heteroatoms. The number of hydrazone groups is 1. The highest BCUT2D eigenvalue weighted by molar-refractivity contribution is 5.74. The van der Waals surface area contributed by atoms with Gasteiger partial charge in [-0.1, -0.05) is 6.58 Å². The predicted molar refractivity (Wildman–Crippen MR) is 44.0 cm³/mol. The lowest BCUT2D eigenvalue weighted by Gasteiger charge is -2.11. The smallest absolute Gasteiger partial charge is 0.317 e. The molecule has 0 aromatic heterocycles. The molecule has 0 radical (unpaired) electrons. The second-order valence-electron chi connectivity index (χ2n) is 1.83. The first kappa shape index (κ1) is 9.48. The Morgan fingerprint density at radius 1 is 1.73 bits per heavy atom. The lowest BCUT2D eigenvalue weighted by Crippen LogP contribution is -2.44. The quantitative estimate of drug-likeness (QED) is 0.304. The van der Waals surface area contributed by atoms with Crippen LogP contribution in [0, 0.1) is 0 Å². The Balaban J connectivity index is 3.55. The molecule has 3 N–H and O–H groups in total. The Morgan fingerprint density at radius 2 is 2.36 bits per heavy atom. The molecule has 0 saturated carbocycles. The fourth-order valence-corrected chi connectivity index (χ4v) is 0.500. The maximum absolute atomic E-state index is 10.7. The number of nitrogens with one attached hydrogen (secondary N) is 3. The normalized spacial score (nSPS) is 11.0. The highest BCUT2D eigenvalue weighted by atomic mass is 16.2. The fraction of sp³-hybridized carbons (Fsp3) is 0.333. The molecular formula is C6H12N4O. The molecule has 0 aliphatic heterocycles. The summed E-state index contributed by atoms with van der Waals surface area (Å²) in [4.78, 5) is 10.7. The Kier molecular flexibility index (Phi) is 4.55. The predicted octanol–water partition coefficient (Wildman–Crippen LogP) is -0.0197. The third-order valence-corrected chi connectivity index (χ3v) is 0.866. The first-order valence-electron chi connectivity index (χ1n) is 3.10. The molecule has 1 atom stereocenters. The van der Waals surface area contributed by atoms with Crippen molar-refractivity contribution < 1.29 is 4.79 Å². The van der Waals surface area contributed by atoms with Crippen LogP contribution in [-0.4, -0.2) is 18.9 Å². The van der Waals surface area contributed by atoms with Gasteiger partial charge in [0.1, 0.15) is 6.17 Å². The van der Waals surface area contributed by atoms with E-state index in [-0.39, 0.29) is 12.2 Å². The van der Waals surface area contributed by atoms with E-state index in [9.17, 15) is 4.79 Å². The van der Waals surface area contributed by atoms with Crippen LogP contribution in [0.3, 0.4) is 0 Å². The molecule has 0 aromatic carbocycles. The van der Waals surface area contributed by atoms with Crippen molar-refractivity contribution in [1.82, 2.24) is 16.1 Å². The summed E-state index contributed by atoms with van der Waals surface area (Å²) < 4.78 is 0. The maximum Gasteiger partial charge on any atom is 0.320 e. The highest BCUT2D eigenvalue weighted by Gasteiger charge is 2.01. The number of carbonyl (C=O) groups excluding carboxylic acids is 1. The first-order valence-corrected chi connectivity index (χ1v) is 3.10. The Bertz CT molecular complexity index is 157. The van der Waals surface area contributed by atoms with E-state index in [4.69, 9.17) is 0 Å². The van der Waals surface area contributed by atoms with E-state index >= 15 is 0 Å². The minimum absolute atomic E-state index is 0.243. The molecule has 0 bridgehead atoms. The zero-order valence-electron chi connectivity index (χ0n) is 6.42. The summed E-state index contributed by atoms with van der Waals surface area (Å²) in [6.45, 7) is 8.26. The second kappa shape index (κ2) is 5.28. The van der Waals surface area contributed by atoms with Crippen LogP contribution in [0.1, 0.15) is 6.92 Å². The number of urea groups is 1. The van der Waals surface area contributed by atoms with E-state index < -0.39 is 0 Å². The molecule has 2 amide bonds. The van der Waals surface area contributed by atoms with Crippen molar-refractivity contribution in [2.24, 2.45) is 5.10 Å². The molecular weight excluding hydrogens is 144 g/mol. The van der Waals surface area contributed by atoms with Crippen molar-refractivity contribution >= 4 is 12.7 Å². The molecule has 0 heterocycles. The van der Waals surface area contributed by atoms with E-state index in [0.717, 1.165) is 0 Å². The van der Waals surface area contributed by atoms with Gasteiger partial charge in [-0.05, 0) is 13.1 Å². The fourth-order valence-electron chi connectivity index (χ4n) is 0.500. The third kappa shape index (κ3) is 4.95. The van der Waals surface area contributed by atoms with Gasteiger partial charge in [0.25, 0.3) is 0 Å². The highest BCUT2D eigenvalue weighted by Crippen LogP contribution is 1.73. The molecule has 0 spiro atoms. The van der Waals surface area contributed by atoms with Crippen molar-refractivity contribution in [3.05, 3.63) is 12.8 Å². The number of carbonyl (C=O) groups is 1. The summed E-state index contributed by atoms with van der Waals surface area (Å²) in [5, 5.41) is 8.24. The van der Waals surface area contributed by atoms with Crippen LogP contribution in [0.25, 0.3) is 0 Å². The van der Waals surface area contributed by atoms with Crippen LogP contribution in [0.2, 0.25) is 0 Å². The summed E-state index contributed by atoms with van der Waals surface area (Å²) in [5.74, 6) is 0. The van der Waals surface area contributed by atoms with E-state index in [0.29, 0.717) is 0 Å². The van der Waals surface area contributed by atoms with Crippen molar-refractivity contribution in [1.29, 1.82) is 0 Å². The van der Waals surface area contributed by atoms with Gasteiger partial charge in [0.2, 0.25) is 0 Å². The molecule has 62 valence electrons. The maximum atomic E-state index is 10.7. The summed E-state index contributed by atoms with van der Waals surface area (Å²) in [6, 6.07) is -0.330. The SMILES string of the molecule is C=CNC(=O)NC(C)NN=C. The van der Waals surface area contributed by atoms with Gasteiger partial charge in [-0.15, -0.1) is 0 Å². The number of nitrogens with zero attached hydrogens (tertiary/aromatic N) is 1. The topological polar surface area (TPSA) is 65.5 Å². The minimum Gasteiger partial charge on any atom is -0.317 e. The van der Waals surface area contributed by atoms with Gasteiger partial charge in [0, 0.05) is 6.72 Å². The zero-order chi connectivity index (χ0) is 8.69. The summed E-state index contributed by atoms with van der Waals surface area (Å²) in [6.07, 6.45) is 1.05. The molecule has 0 rings (SSSR count). The van der Waals surface area contributed by atoms with Gasteiger partial charge in [-0.3, -0.25) is 5.43 Å². The van der Waals surface area contributed by atoms with Gasteiger partial charge in [0.05, 0.1) is 0 Å². The van der Waals surface area contributed by atoms with E-state index in [1.54, 1.807) is 6.92 Å². The molecule has 0 aromatic rings. The van der Waals surface area contributed by atoms with Gasteiger partial charge in [-0.2, -0.15) is 5.10 Å². The van der Waals surface area contributed by atoms with Crippen molar-refractivity contribution in [2.75, 3.05) is 0 Å². The standard InChI is InChI=1S/C6H12N4O/c1-4-8-6(11)9-5(2)10-7-3/h4-5,10H,1,3H2,2H3,(H2,8,9,11). The Morgan fingerprint density at radius 3 is 2.82 bits per heavy atom. The number of rotatable bonds is 4. The molecule has 11 heavy (non-hydrogen) atoms. The largest absolute Gasteiger partial charge is 0.320 e. The van der Waals surface area contributed by atoms with Gasteiger partial charge in [-0.25, -0.2) is 4.79 Å². The van der Waals surface area contributed by atoms with E-state index in [2.05, 4.69) is 34.5 Å². The number of hydrogen-bond donors (Lipinski definition) is 3. The van der Waals surface area contributed by atoms with Crippen molar-refractivity contribution in [2.45, 2.75) is 13.1 Å². The van der Waals surface area contributed by atoms with E-state index in [1.807, 2.05) is 0 Å². The number of hydrogen-bond acceptors (Lipinski definition) is 3. The van der Waals surface area contributed by atoms with Crippen LogP contribution in [0.4, 0.5) is 4.79 Å². The monoisotopic (exact) mass is 156 g/mol. The first-order chi connectivity index (χ1) is 5.20. The number of amides is 2. The summed E-state index contributed by atoms with van der Waals surface area (Å²) in [7, 11) is 0.